The third-order valence-electron chi connectivity index (χ3n) is 2.48. The maximum Gasteiger partial charge on any atom is 0.255 e. The standard InChI is InChI=1S/C13H12N4O/c1-9(18)15-13-12(14-2)11(16-17(13)3)10-7-5-4-6-8-10/h4-8H,1,3H3,(H,15,18). The van der Waals surface area contributed by atoms with Gasteiger partial charge in [-0.15, -0.1) is 0 Å². The molecule has 0 aliphatic carbocycles. The van der Waals surface area contributed by atoms with Crippen molar-refractivity contribution in [2.24, 2.45) is 7.05 Å². The molecule has 1 aromatic carbocycles. The minimum atomic E-state index is -0.220. The molecule has 0 unspecified atom stereocenters. The van der Waals surface area contributed by atoms with Crippen molar-refractivity contribution in [2.45, 2.75) is 6.92 Å². The Morgan fingerprint density at radius 3 is 2.61 bits per heavy atom. The summed E-state index contributed by atoms with van der Waals surface area (Å²) in [5.41, 5.74) is 1.80. The number of carbonyl (C=O) groups is 1. The van der Waals surface area contributed by atoms with Gasteiger partial charge >= 0.3 is 0 Å². The van der Waals surface area contributed by atoms with E-state index in [2.05, 4.69) is 15.3 Å². The summed E-state index contributed by atoms with van der Waals surface area (Å²) >= 11 is 0. The molecule has 1 aromatic heterocycles. The van der Waals surface area contributed by atoms with Crippen LogP contribution in [0.25, 0.3) is 16.1 Å². The lowest BCUT2D eigenvalue weighted by atomic mass is 10.1. The summed E-state index contributed by atoms with van der Waals surface area (Å²) in [7, 11) is 1.70. The number of rotatable bonds is 2. The third kappa shape index (κ3) is 2.09. The van der Waals surface area contributed by atoms with E-state index in [4.69, 9.17) is 6.57 Å². The van der Waals surface area contributed by atoms with Gasteiger partial charge in [-0.2, -0.15) is 5.10 Å². The van der Waals surface area contributed by atoms with Crippen LogP contribution in [0, 0.1) is 6.57 Å². The molecule has 0 aliphatic heterocycles. The maximum atomic E-state index is 11.1. The van der Waals surface area contributed by atoms with Gasteiger partial charge in [-0.1, -0.05) is 30.3 Å². The van der Waals surface area contributed by atoms with Crippen LogP contribution >= 0.6 is 0 Å². The third-order valence-corrected chi connectivity index (χ3v) is 2.48. The quantitative estimate of drug-likeness (QED) is 0.820. The minimum Gasteiger partial charge on any atom is -0.320 e. The van der Waals surface area contributed by atoms with E-state index in [0.29, 0.717) is 17.2 Å². The van der Waals surface area contributed by atoms with Gasteiger partial charge < -0.3 is 5.32 Å². The molecule has 0 radical (unpaired) electrons. The van der Waals surface area contributed by atoms with E-state index in [9.17, 15) is 4.79 Å². The lowest BCUT2D eigenvalue weighted by Gasteiger charge is -2.02. The Kier molecular flexibility index (Phi) is 3.11. The number of amides is 1. The van der Waals surface area contributed by atoms with E-state index in [1.807, 2.05) is 30.3 Å². The zero-order valence-corrected chi connectivity index (χ0v) is 10.1. The molecule has 18 heavy (non-hydrogen) atoms. The second kappa shape index (κ2) is 4.72. The summed E-state index contributed by atoms with van der Waals surface area (Å²) in [4.78, 5) is 14.6. The van der Waals surface area contributed by atoms with Crippen LogP contribution in [0.3, 0.4) is 0 Å². The number of hydrogen-bond acceptors (Lipinski definition) is 2. The SMILES string of the molecule is [C-]#[N+]c1c(-c2ccccc2)nn(C)c1NC(C)=O. The zero-order chi connectivity index (χ0) is 13.1. The molecule has 2 aromatic rings. The van der Waals surface area contributed by atoms with Gasteiger partial charge in [-0.05, 0) is 5.56 Å². The number of carbonyl (C=O) groups excluding carboxylic acids is 1. The molecular formula is C13H12N4O. The first-order chi connectivity index (χ1) is 8.63. The fourth-order valence-corrected chi connectivity index (χ4v) is 1.72. The maximum absolute atomic E-state index is 11.1. The number of aryl methyl sites for hydroxylation is 1. The average Bonchev–Trinajstić information content (AvgIpc) is 2.67. The van der Waals surface area contributed by atoms with Crippen LogP contribution in [0.4, 0.5) is 11.5 Å². The molecule has 0 spiro atoms. The predicted molar refractivity (Wildman–Crippen MR) is 69.2 cm³/mol. The lowest BCUT2D eigenvalue weighted by Crippen LogP contribution is -2.09. The number of aromatic nitrogens is 2. The molecule has 0 saturated carbocycles. The number of benzene rings is 1. The molecular weight excluding hydrogens is 228 g/mol. The van der Waals surface area contributed by atoms with Crippen molar-refractivity contribution in [3.05, 3.63) is 41.7 Å². The topological polar surface area (TPSA) is 51.3 Å². The largest absolute Gasteiger partial charge is 0.320 e. The number of nitrogens with one attached hydrogen (secondary N) is 1. The molecule has 0 bridgehead atoms. The number of nitrogens with zero attached hydrogens (tertiary/aromatic N) is 3. The van der Waals surface area contributed by atoms with Gasteiger partial charge in [0.25, 0.3) is 5.69 Å². The molecule has 0 fully saturated rings. The Balaban J connectivity index is 2.57. The van der Waals surface area contributed by atoms with E-state index < -0.39 is 0 Å². The second-order valence-electron chi connectivity index (χ2n) is 3.83. The highest BCUT2D eigenvalue weighted by Crippen LogP contribution is 2.35. The van der Waals surface area contributed by atoms with Crippen LogP contribution in [0.5, 0.6) is 0 Å². The van der Waals surface area contributed by atoms with E-state index in [1.54, 1.807) is 7.05 Å². The first-order valence-electron chi connectivity index (χ1n) is 5.41. The fourth-order valence-electron chi connectivity index (χ4n) is 1.72. The Morgan fingerprint density at radius 2 is 2.06 bits per heavy atom. The van der Waals surface area contributed by atoms with Crippen molar-refractivity contribution >= 4 is 17.4 Å². The summed E-state index contributed by atoms with van der Waals surface area (Å²) < 4.78 is 1.51. The first kappa shape index (κ1) is 11.9. The molecule has 2 rings (SSSR count). The van der Waals surface area contributed by atoms with Gasteiger partial charge in [0, 0.05) is 14.0 Å². The molecule has 1 N–H and O–H groups in total. The highest BCUT2D eigenvalue weighted by atomic mass is 16.1. The Morgan fingerprint density at radius 1 is 1.39 bits per heavy atom. The van der Waals surface area contributed by atoms with Crippen LogP contribution < -0.4 is 5.32 Å². The fraction of sp³-hybridized carbons (Fsp3) is 0.154. The molecule has 5 heteroatoms. The Labute approximate surface area is 105 Å². The van der Waals surface area contributed by atoms with E-state index in [-0.39, 0.29) is 5.91 Å². The molecule has 0 atom stereocenters. The summed E-state index contributed by atoms with van der Waals surface area (Å²) in [6, 6.07) is 9.44. The van der Waals surface area contributed by atoms with Crippen molar-refractivity contribution in [3.63, 3.8) is 0 Å². The van der Waals surface area contributed by atoms with Crippen molar-refractivity contribution in [1.82, 2.24) is 9.78 Å². The van der Waals surface area contributed by atoms with Crippen molar-refractivity contribution in [3.8, 4) is 11.3 Å². The lowest BCUT2D eigenvalue weighted by molar-refractivity contribution is -0.114. The van der Waals surface area contributed by atoms with Crippen molar-refractivity contribution in [2.75, 3.05) is 5.32 Å². The number of hydrogen-bond donors (Lipinski definition) is 1. The smallest absolute Gasteiger partial charge is 0.255 e. The monoisotopic (exact) mass is 240 g/mol. The van der Waals surface area contributed by atoms with E-state index >= 15 is 0 Å². The van der Waals surface area contributed by atoms with E-state index in [1.165, 1.54) is 11.6 Å². The van der Waals surface area contributed by atoms with Crippen molar-refractivity contribution < 1.29 is 4.79 Å². The Bertz CT molecular complexity index is 622. The summed E-state index contributed by atoms with van der Waals surface area (Å²) in [6.07, 6.45) is 0. The zero-order valence-electron chi connectivity index (χ0n) is 10.1. The van der Waals surface area contributed by atoms with Gasteiger partial charge in [0.2, 0.25) is 5.91 Å². The van der Waals surface area contributed by atoms with Gasteiger partial charge in [-0.25, -0.2) is 4.85 Å². The summed E-state index contributed by atoms with van der Waals surface area (Å²) in [5.74, 6) is 0.207. The van der Waals surface area contributed by atoms with Gasteiger partial charge in [-0.3, -0.25) is 9.48 Å². The van der Waals surface area contributed by atoms with E-state index in [0.717, 1.165) is 5.56 Å². The van der Waals surface area contributed by atoms with Crippen LogP contribution in [0.15, 0.2) is 30.3 Å². The second-order valence-corrected chi connectivity index (χ2v) is 3.83. The minimum absolute atomic E-state index is 0.220. The van der Waals surface area contributed by atoms with Gasteiger partial charge in [0.05, 0.1) is 6.57 Å². The molecule has 0 saturated heterocycles. The first-order valence-corrected chi connectivity index (χ1v) is 5.41. The normalized spacial score (nSPS) is 9.83. The highest BCUT2D eigenvalue weighted by molar-refractivity contribution is 5.95. The highest BCUT2D eigenvalue weighted by Gasteiger charge is 2.18. The Hall–Kier alpha value is -2.61. The van der Waals surface area contributed by atoms with Crippen LogP contribution in [0.1, 0.15) is 6.92 Å². The van der Waals surface area contributed by atoms with Crippen LogP contribution in [0.2, 0.25) is 0 Å². The van der Waals surface area contributed by atoms with Crippen molar-refractivity contribution in [1.29, 1.82) is 0 Å². The molecule has 0 aliphatic rings. The predicted octanol–water partition coefficient (Wildman–Crippen LogP) is 2.60. The van der Waals surface area contributed by atoms with Gasteiger partial charge in [0.1, 0.15) is 11.5 Å². The average molecular weight is 240 g/mol. The summed E-state index contributed by atoms with van der Waals surface area (Å²) in [5, 5.41) is 6.92. The van der Waals surface area contributed by atoms with Gasteiger partial charge in [0.15, 0.2) is 0 Å². The molecule has 1 amide bonds. The number of anilines is 1. The molecule has 90 valence electrons. The molecule has 5 nitrogen and oxygen atoms in total. The van der Waals surface area contributed by atoms with Crippen LogP contribution in [-0.4, -0.2) is 15.7 Å². The molecule has 1 heterocycles. The summed E-state index contributed by atoms with van der Waals surface area (Å²) in [6.45, 7) is 8.66. The van der Waals surface area contributed by atoms with Crippen LogP contribution in [-0.2, 0) is 11.8 Å².